The van der Waals surface area contributed by atoms with Crippen molar-refractivity contribution in [1.29, 1.82) is 0 Å². The summed E-state index contributed by atoms with van der Waals surface area (Å²) in [5.74, 6) is 0.701. The molecule has 0 saturated carbocycles. The fourth-order valence-corrected chi connectivity index (χ4v) is 1.05. The first-order valence-corrected chi connectivity index (χ1v) is 3.79. The van der Waals surface area contributed by atoms with Crippen molar-refractivity contribution in [3.05, 3.63) is 23.8 Å². The van der Waals surface area contributed by atoms with Crippen LogP contribution < -0.4 is 16.2 Å². The molecule has 3 nitrogen and oxygen atoms in total. The summed E-state index contributed by atoms with van der Waals surface area (Å²) in [6.07, 6.45) is 0. The Morgan fingerprint density at radius 3 is 2.67 bits per heavy atom. The summed E-state index contributed by atoms with van der Waals surface area (Å²) in [5, 5.41) is 0. The van der Waals surface area contributed by atoms with E-state index < -0.39 is 0 Å². The van der Waals surface area contributed by atoms with Crippen LogP contribution in [0.1, 0.15) is 5.56 Å². The third-order valence-electron chi connectivity index (χ3n) is 1.53. The summed E-state index contributed by atoms with van der Waals surface area (Å²) >= 11 is 4.80. The molecule has 0 spiro atoms. The van der Waals surface area contributed by atoms with Crippen molar-refractivity contribution in [2.24, 2.45) is 5.73 Å². The molecule has 1 aromatic rings. The quantitative estimate of drug-likeness (QED) is 0.527. The first-order chi connectivity index (χ1) is 5.65. The molecule has 0 fully saturated rings. The Balaban J connectivity index is 3.17. The topological polar surface area (TPSA) is 61.3 Å². The van der Waals surface area contributed by atoms with E-state index in [4.69, 9.17) is 28.4 Å². The normalized spacial score (nSPS) is 9.42. The zero-order valence-corrected chi connectivity index (χ0v) is 7.52. The monoisotopic (exact) mass is 182 g/mol. The first kappa shape index (κ1) is 8.80. The molecule has 1 aromatic carbocycles. The second-order valence-electron chi connectivity index (χ2n) is 2.32. The van der Waals surface area contributed by atoms with Crippen LogP contribution >= 0.6 is 12.2 Å². The fourth-order valence-electron chi connectivity index (χ4n) is 0.876. The van der Waals surface area contributed by atoms with Crippen molar-refractivity contribution < 1.29 is 4.74 Å². The summed E-state index contributed by atoms with van der Waals surface area (Å²) in [7, 11) is 1.58. The predicted molar refractivity (Wildman–Crippen MR) is 53.3 cm³/mol. The van der Waals surface area contributed by atoms with Crippen LogP contribution in [0.25, 0.3) is 0 Å². The highest BCUT2D eigenvalue weighted by molar-refractivity contribution is 7.80. The van der Waals surface area contributed by atoms with E-state index >= 15 is 0 Å². The van der Waals surface area contributed by atoms with Crippen LogP contribution in [-0.4, -0.2) is 12.1 Å². The van der Waals surface area contributed by atoms with Crippen LogP contribution in [0.2, 0.25) is 0 Å². The highest BCUT2D eigenvalue weighted by atomic mass is 32.1. The van der Waals surface area contributed by atoms with Crippen molar-refractivity contribution in [2.75, 3.05) is 12.8 Å². The fraction of sp³-hybridized carbons (Fsp3) is 0.125. The van der Waals surface area contributed by atoms with E-state index in [1.165, 1.54) is 0 Å². The van der Waals surface area contributed by atoms with E-state index in [2.05, 4.69) is 0 Å². The molecule has 0 amide bonds. The molecule has 0 aliphatic carbocycles. The number of thiocarbonyl (C=S) groups is 1. The van der Waals surface area contributed by atoms with Gasteiger partial charge in [0.25, 0.3) is 0 Å². The van der Waals surface area contributed by atoms with Gasteiger partial charge in [-0.2, -0.15) is 0 Å². The van der Waals surface area contributed by atoms with E-state index in [0.717, 1.165) is 0 Å². The number of benzene rings is 1. The minimum absolute atomic E-state index is 0.284. The molecular weight excluding hydrogens is 172 g/mol. The lowest BCUT2D eigenvalue weighted by Gasteiger charge is -2.05. The lowest BCUT2D eigenvalue weighted by molar-refractivity contribution is 0.415. The molecule has 0 heterocycles. The van der Waals surface area contributed by atoms with Crippen LogP contribution in [0.3, 0.4) is 0 Å². The molecule has 0 unspecified atom stereocenters. The van der Waals surface area contributed by atoms with Crippen molar-refractivity contribution in [3.63, 3.8) is 0 Å². The second-order valence-corrected chi connectivity index (χ2v) is 2.76. The van der Waals surface area contributed by atoms with Gasteiger partial charge in [-0.3, -0.25) is 0 Å². The summed E-state index contributed by atoms with van der Waals surface area (Å²) in [4.78, 5) is 0.284. The zero-order chi connectivity index (χ0) is 9.14. The number of nitrogens with two attached hydrogens (primary N) is 2. The average molecular weight is 182 g/mol. The van der Waals surface area contributed by atoms with Crippen LogP contribution in [0.4, 0.5) is 5.69 Å². The minimum Gasteiger partial charge on any atom is -0.497 e. The van der Waals surface area contributed by atoms with Crippen molar-refractivity contribution in [1.82, 2.24) is 0 Å². The van der Waals surface area contributed by atoms with Crippen molar-refractivity contribution in [2.45, 2.75) is 0 Å². The second kappa shape index (κ2) is 3.40. The highest BCUT2D eigenvalue weighted by Crippen LogP contribution is 2.18. The Hall–Kier alpha value is -1.29. The molecule has 0 atom stereocenters. The number of rotatable bonds is 2. The Labute approximate surface area is 76.3 Å². The number of methoxy groups -OCH3 is 1. The Morgan fingerprint density at radius 1 is 1.50 bits per heavy atom. The number of ether oxygens (including phenoxy) is 1. The molecule has 4 heteroatoms. The van der Waals surface area contributed by atoms with E-state index in [1.807, 2.05) is 0 Å². The zero-order valence-electron chi connectivity index (χ0n) is 6.70. The Morgan fingerprint density at radius 2 is 2.17 bits per heavy atom. The molecular formula is C8H10N2OS. The molecule has 0 aliphatic rings. The maximum atomic E-state index is 5.62. The number of nitrogen functional groups attached to an aromatic ring is 1. The van der Waals surface area contributed by atoms with Gasteiger partial charge >= 0.3 is 0 Å². The lowest BCUT2D eigenvalue weighted by atomic mass is 10.2. The molecule has 0 bridgehead atoms. The summed E-state index contributed by atoms with van der Waals surface area (Å²) < 4.78 is 4.99. The highest BCUT2D eigenvalue weighted by Gasteiger charge is 2.02. The summed E-state index contributed by atoms with van der Waals surface area (Å²) in [5.41, 5.74) is 12.3. The summed E-state index contributed by atoms with van der Waals surface area (Å²) in [6, 6.07) is 5.20. The predicted octanol–water partition coefficient (Wildman–Crippen LogP) is 0.912. The molecule has 64 valence electrons. The van der Waals surface area contributed by atoms with Crippen molar-refractivity contribution in [3.8, 4) is 5.75 Å². The van der Waals surface area contributed by atoms with Gasteiger partial charge in [-0.1, -0.05) is 12.2 Å². The maximum absolute atomic E-state index is 5.62. The Kier molecular flexibility index (Phi) is 2.50. The minimum atomic E-state index is 0.284. The van der Waals surface area contributed by atoms with Gasteiger partial charge in [0.05, 0.1) is 7.11 Å². The van der Waals surface area contributed by atoms with Crippen molar-refractivity contribution >= 4 is 22.9 Å². The van der Waals surface area contributed by atoms with Crippen LogP contribution in [0.5, 0.6) is 5.75 Å². The SMILES string of the molecule is COc1ccc(N)c(C(N)=S)c1. The number of anilines is 1. The van der Waals surface area contributed by atoms with E-state index in [9.17, 15) is 0 Å². The largest absolute Gasteiger partial charge is 0.497 e. The molecule has 0 aromatic heterocycles. The lowest BCUT2D eigenvalue weighted by Crippen LogP contribution is -2.12. The van der Waals surface area contributed by atoms with Crippen LogP contribution in [0.15, 0.2) is 18.2 Å². The molecule has 0 radical (unpaired) electrons. The Bertz CT molecular complexity index is 312. The van der Waals surface area contributed by atoms with E-state index in [1.54, 1.807) is 25.3 Å². The van der Waals surface area contributed by atoms with E-state index in [-0.39, 0.29) is 4.99 Å². The molecule has 4 N–H and O–H groups in total. The maximum Gasteiger partial charge on any atom is 0.119 e. The van der Waals surface area contributed by atoms with Gasteiger partial charge in [-0.25, -0.2) is 0 Å². The third-order valence-corrected chi connectivity index (χ3v) is 1.75. The van der Waals surface area contributed by atoms with Crippen LogP contribution in [-0.2, 0) is 0 Å². The van der Waals surface area contributed by atoms with Gasteiger partial charge in [-0.05, 0) is 18.2 Å². The molecule has 0 saturated heterocycles. The molecule has 0 aliphatic heterocycles. The number of hydrogen-bond donors (Lipinski definition) is 2. The van der Waals surface area contributed by atoms with Gasteiger partial charge in [0.2, 0.25) is 0 Å². The van der Waals surface area contributed by atoms with Gasteiger partial charge < -0.3 is 16.2 Å². The smallest absolute Gasteiger partial charge is 0.119 e. The van der Waals surface area contributed by atoms with E-state index in [0.29, 0.717) is 17.0 Å². The van der Waals surface area contributed by atoms with Gasteiger partial charge in [0, 0.05) is 11.3 Å². The number of hydrogen-bond acceptors (Lipinski definition) is 3. The van der Waals surface area contributed by atoms with Gasteiger partial charge in [0.1, 0.15) is 10.7 Å². The van der Waals surface area contributed by atoms with Crippen LogP contribution in [0, 0.1) is 0 Å². The molecule has 1 rings (SSSR count). The first-order valence-electron chi connectivity index (χ1n) is 3.38. The van der Waals surface area contributed by atoms with Gasteiger partial charge in [-0.15, -0.1) is 0 Å². The average Bonchev–Trinajstić information content (AvgIpc) is 2.05. The third kappa shape index (κ3) is 1.65. The molecule has 12 heavy (non-hydrogen) atoms. The van der Waals surface area contributed by atoms with Gasteiger partial charge in [0.15, 0.2) is 0 Å². The summed E-state index contributed by atoms with van der Waals surface area (Å²) in [6.45, 7) is 0. The standard InChI is InChI=1S/C8H10N2OS/c1-11-5-2-3-7(9)6(4-5)8(10)12/h2-4H,9H2,1H3,(H2,10,12).